The van der Waals surface area contributed by atoms with Crippen molar-refractivity contribution >= 4 is 63.4 Å². The van der Waals surface area contributed by atoms with Crippen molar-refractivity contribution in [1.82, 2.24) is 0 Å². The van der Waals surface area contributed by atoms with E-state index >= 15 is 0 Å². The third-order valence-electron chi connectivity index (χ3n) is 2.65. The zero-order chi connectivity index (χ0) is 15.6. The maximum Gasteiger partial charge on any atom is 0.339 e. The Balaban J connectivity index is 2.39. The van der Waals surface area contributed by atoms with Gasteiger partial charge in [0.15, 0.2) is 0 Å². The van der Waals surface area contributed by atoms with Crippen molar-refractivity contribution in [3.8, 4) is 0 Å². The number of anilines is 1. The normalized spacial score (nSPS) is 10.2. The third-order valence-corrected chi connectivity index (χ3v) is 4.14. The number of rotatable bonds is 3. The summed E-state index contributed by atoms with van der Waals surface area (Å²) < 4.78 is 0.702. The minimum absolute atomic E-state index is 0.0566. The van der Waals surface area contributed by atoms with Gasteiger partial charge in [0, 0.05) is 8.59 Å². The Hall–Kier alpha value is -1.31. The molecule has 2 rings (SSSR count). The standard InChI is InChI=1S/C14H8Cl2INO3/c15-7-4-5-10(17)8(6-7)13(19)18-11-3-1-2-9(16)12(11)14(20)21/h1-6H,(H,18,19)(H,20,21). The van der Waals surface area contributed by atoms with E-state index in [2.05, 4.69) is 5.32 Å². The van der Waals surface area contributed by atoms with Crippen LogP contribution in [-0.4, -0.2) is 17.0 Å². The van der Waals surface area contributed by atoms with Crippen LogP contribution in [0.1, 0.15) is 20.7 Å². The van der Waals surface area contributed by atoms with Crippen LogP contribution in [0, 0.1) is 3.57 Å². The molecule has 2 N–H and O–H groups in total. The summed E-state index contributed by atoms with van der Waals surface area (Å²) in [5.41, 5.74) is 0.347. The summed E-state index contributed by atoms with van der Waals surface area (Å²) in [6.45, 7) is 0. The second-order valence-electron chi connectivity index (χ2n) is 4.05. The van der Waals surface area contributed by atoms with E-state index in [1.54, 1.807) is 18.2 Å². The van der Waals surface area contributed by atoms with Crippen molar-refractivity contribution in [1.29, 1.82) is 0 Å². The zero-order valence-corrected chi connectivity index (χ0v) is 14.0. The molecule has 0 atom stereocenters. The molecule has 0 aliphatic heterocycles. The van der Waals surface area contributed by atoms with Crippen molar-refractivity contribution in [2.24, 2.45) is 0 Å². The number of carboxylic acids is 1. The first-order valence-electron chi connectivity index (χ1n) is 5.68. The molecule has 108 valence electrons. The Morgan fingerprint density at radius 3 is 2.52 bits per heavy atom. The fourth-order valence-electron chi connectivity index (χ4n) is 1.71. The molecule has 2 aromatic carbocycles. The maximum absolute atomic E-state index is 12.3. The predicted octanol–water partition coefficient (Wildman–Crippen LogP) is 4.55. The highest BCUT2D eigenvalue weighted by Gasteiger charge is 2.18. The number of amides is 1. The molecule has 0 heterocycles. The Morgan fingerprint density at radius 2 is 1.86 bits per heavy atom. The van der Waals surface area contributed by atoms with Crippen LogP contribution in [-0.2, 0) is 0 Å². The van der Waals surface area contributed by atoms with Crippen LogP contribution in [0.25, 0.3) is 0 Å². The molecule has 0 aliphatic carbocycles. The summed E-state index contributed by atoms with van der Waals surface area (Å²) in [6, 6.07) is 9.38. The monoisotopic (exact) mass is 435 g/mol. The molecule has 0 spiro atoms. The van der Waals surface area contributed by atoms with Gasteiger partial charge in [-0.25, -0.2) is 4.79 Å². The van der Waals surface area contributed by atoms with E-state index in [-0.39, 0.29) is 16.3 Å². The lowest BCUT2D eigenvalue weighted by Gasteiger charge is -2.11. The van der Waals surface area contributed by atoms with Gasteiger partial charge in [0.1, 0.15) is 5.56 Å². The van der Waals surface area contributed by atoms with Crippen LogP contribution in [0.5, 0.6) is 0 Å². The molecular formula is C14H8Cl2INO3. The lowest BCUT2D eigenvalue weighted by Crippen LogP contribution is -2.16. The summed E-state index contributed by atoms with van der Waals surface area (Å²) >= 11 is 13.7. The van der Waals surface area contributed by atoms with Crippen LogP contribution < -0.4 is 5.32 Å². The first-order valence-corrected chi connectivity index (χ1v) is 7.52. The molecule has 0 radical (unpaired) electrons. The van der Waals surface area contributed by atoms with Gasteiger partial charge in [-0.1, -0.05) is 29.3 Å². The molecule has 0 saturated carbocycles. The molecule has 0 saturated heterocycles. The van der Waals surface area contributed by atoms with E-state index in [1.165, 1.54) is 18.2 Å². The Kier molecular flexibility index (Phi) is 5.08. The average Bonchev–Trinajstić information content (AvgIpc) is 2.41. The number of carbonyl (C=O) groups excluding carboxylic acids is 1. The summed E-state index contributed by atoms with van der Waals surface area (Å²) in [5, 5.41) is 12.2. The molecule has 0 unspecified atom stereocenters. The Morgan fingerprint density at radius 1 is 1.14 bits per heavy atom. The number of halogens is 3. The van der Waals surface area contributed by atoms with E-state index in [0.717, 1.165) is 0 Å². The highest BCUT2D eigenvalue weighted by atomic mass is 127. The lowest BCUT2D eigenvalue weighted by molar-refractivity contribution is 0.0698. The SMILES string of the molecule is O=C(Nc1cccc(Cl)c1C(=O)O)c1cc(Cl)ccc1I. The number of hydrogen-bond acceptors (Lipinski definition) is 2. The number of carboxylic acid groups (broad SMARTS) is 1. The number of benzene rings is 2. The van der Waals surface area contributed by atoms with Crippen LogP contribution in [0.3, 0.4) is 0 Å². The molecule has 0 aromatic heterocycles. The Labute approximate surface area is 144 Å². The van der Waals surface area contributed by atoms with Gasteiger partial charge in [-0.2, -0.15) is 0 Å². The van der Waals surface area contributed by atoms with Gasteiger partial charge < -0.3 is 10.4 Å². The third kappa shape index (κ3) is 3.66. The minimum Gasteiger partial charge on any atom is -0.478 e. The van der Waals surface area contributed by atoms with E-state index in [1.807, 2.05) is 22.6 Å². The van der Waals surface area contributed by atoms with Crippen LogP contribution in [0.4, 0.5) is 5.69 Å². The van der Waals surface area contributed by atoms with Crippen LogP contribution in [0.15, 0.2) is 36.4 Å². The van der Waals surface area contributed by atoms with Gasteiger partial charge in [-0.15, -0.1) is 0 Å². The number of nitrogens with one attached hydrogen (secondary N) is 1. The van der Waals surface area contributed by atoms with Crippen molar-refractivity contribution in [2.45, 2.75) is 0 Å². The Bertz CT molecular complexity index is 734. The number of aromatic carboxylic acids is 1. The topological polar surface area (TPSA) is 66.4 Å². The smallest absolute Gasteiger partial charge is 0.339 e. The first kappa shape index (κ1) is 16.1. The molecule has 0 aliphatic rings. The molecular weight excluding hydrogens is 428 g/mol. The van der Waals surface area contributed by atoms with Gasteiger partial charge in [0.2, 0.25) is 0 Å². The molecule has 1 amide bonds. The molecule has 2 aromatic rings. The van der Waals surface area contributed by atoms with Gasteiger partial charge in [0.05, 0.1) is 16.3 Å². The van der Waals surface area contributed by atoms with Crippen molar-refractivity contribution < 1.29 is 14.7 Å². The number of hydrogen-bond donors (Lipinski definition) is 2. The quantitative estimate of drug-likeness (QED) is 0.695. The molecule has 21 heavy (non-hydrogen) atoms. The average molecular weight is 436 g/mol. The van der Waals surface area contributed by atoms with Gasteiger partial charge in [0.25, 0.3) is 5.91 Å². The largest absolute Gasteiger partial charge is 0.478 e. The summed E-state index contributed by atoms with van der Waals surface area (Å²) in [5.74, 6) is -1.66. The van der Waals surface area contributed by atoms with E-state index in [0.29, 0.717) is 14.2 Å². The van der Waals surface area contributed by atoms with Gasteiger partial charge in [-0.05, 0) is 52.9 Å². The van der Waals surface area contributed by atoms with E-state index in [4.69, 9.17) is 23.2 Å². The maximum atomic E-state index is 12.3. The molecule has 0 fully saturated rings. The first-order chi connectivity index (χ1) is 9.90. The molecule has 7 heteroatoms. The van der Waals surface area contributed by atoms with Crippen molar-refractivity contribution in [2.75, 3.05) is 5.32 Å². The lowest BCUT2D eigenvalue weighted by atomic mass is 10.1. The van der Waals surface area contributed by atoms with Crippen LogP contribution >= 0.6 is 45.8 Å². The van der Waals surface area contributed by atoms with E-state index < -0.39 is 11.9 Å². The molecule has 4 nitrogen and oxygen atoms in total. The minimum atomic E-state index is -1.21. The second kappa shape index (κ2) is 6.64. The fraction of sp³-hybridized carbons (Fsp3) is 0. The summed E-state index contributed by atoms with van der Waals surface area (Å²) in [6.07, 6.45) is 0. The highest BCUT2D eigenvalue weighted by Crippen LogP contribution is 2.26. The van der Waals surface area contributed by atoms with Crippen molar-refractivity contribution in [3.63, 3.8) is 0 Å². The predicted molar refractivity (Wildman–Crippen MR) is 90.5 cm³/mol. The summed E-state index contributed by atoms with van der Waals surface area (Å²) in [4.78, 5) is 23.5. The highest BCUT2D eigenvalue weighted by molar-refractivity contribution is 14.1. The molecule has 0 bridgehead atoms. The zero-order valence-electron chi connectivity index (χ0n) is 10.4. The van der Waals surface area contributed by atoms with Crippen molar-refractivity contribution in [3.05, 3.63) is 61.1 Å². The van der Waals surface area contributed by atoms with Crippen LogP contribution in [0.2, 0.25) is 10.0 Å². The fourth-order valence-corrected chi connectivity index (χ4v) is 2.71. The summed E-state index contributed by atoms with van der Waals surface area (Å²) in [7, 11) is 0. The van der Waals surface area contributed by atoms with Gasteiger partial charge in [-0.3, -0.25) is 4.79 Å². The number of carbonyl (C=O) groups is 2. The van der Waals surface area contributed by atoms with E-state index in [9.17, 15) is 14.7 Å². The second-order valence-corrected chi connectivity index (χ2v) is 6.05. The van der Waals surface area contributed by atoms with Gasteiger partial charge >= 0.3 is 5.97 Å².